The number of esters is 1. The Balaban J connectivity index is 1.56. The molecular weight excluding hydrogens is 322 g/mol. The smallest absolute Gasteiger partial charge is 0.331 e. The maximum absolute atomic E-state index is 11.8. The second kappa shape index (κ2) is 7.39. The van der Waals surface area contributed by atoms with Crippen LogP contribution in [0.3, 0.4) is 0 Å². The Morgan fingerprint density at radius 3 is 2.92 bits per heavy atom. The maximum Gasteiger partial charge on any atom is 0.331 e. The summed E-state index contributed by atoms with van der Waals surface area (Å²) in [6.45, 7) is 1.29. The van der Waals surface area contributed by atoms with E-state index < -0.39 is 18.5 Å². The minimum Gasteiger partial charge on any atom is -0.452 e. The van der Waals surface area contributed by atoms with Crippen LogP contribution < -0.4 is 5.32 Å². The van der Waals surface area contributed by atoms with Crippen LogP contribution in [0.25, 0.3) is 17.0 Å². The molecule has 1 amide bonds. The largest absolute Gasteiger partial charge is 0.452 e. The number of nitrogens with one attached hydrogen (secondary N) is 1. The highest BCUT2D eigenvalue weighted by Gasteiger charge is 2.08. The molecule has 0 bridgehead atoms. The van der Waals surface area contributed by atoms with E-state index in [4.69, 9.17) is 9.26 Å². The molecular formula is C18H15N3O4. The van der Waals surface area contributed by atoms with E-state index in [2.05, 4.69) is 15.5 Å². The van der Waals surface area contributed by atoms with Crippen LogP contribution in [-0.2, 0) is 14.3 Å². The predicted molar refractivity (Wildman–Crippen MR) is 91.6 cm³/mol. The molecule has 0 radical (unpaired) electrons. The number of ether oxygens (including phenoxy) is 1. The van der Waals surface area contributed by atoms with Gasteiger partial charge in [0.25, 0.3) is 5.91 Å². The van der Waals surface area contributed by atoms with Crippen molar-refractivity contribution in [3.05, 3.63) is 60.0 Å². The standard InChI is InChI=1S/C18H15N3O4/c1-12-10-15(21-25-12)20-16(22)11-24-17(23)8-7-14-5-2-4-13-6-3-9-19-18(13)14/h2-10H,11H2,1H3,(H,20,21,22). The first-order valence-corrected chi connectivity index (χ1v) is 7.53. The van der Waals surface area contributed by atoms with Crippen molar-refractivity contribution in [1.82, 2.24) is 10.1 Å². The Labute approximate surface area is 143 Å². The lowest BCUT2D eigenvalue weighted by molar-refractivity contribution is -0.142. The Morgan fingerprint density at radius 1 is 1.28 bits per heavy atom. The van der Waals surface area contributed by atoms with E-state index in [9.17, 15) is 9.59 Å². The van der Waals surface area contributed by atoms with E-state index in [1.165, 1.54) is 6.08 Å². The molecule has 0 spiro atoms. The highest BCUT2D eigenvalue weighted by atomic mass is 16.5. The summed E-state index contributed by atoms with van der Waals surface area (Å²) < 4.78 is 9.72. The van der Waals surface area contributed by atoms with Gasteiger partial charge in [0.15, 0.2) is 12.4 Å². The number of carbonyl (C=O) groups is 2. The molecule has 0 saturated carbocycles. The molecule has 0 unspecified atom stereocenters. The van der Waals surface area contributed by atoms with Gasteiger partial charge in [-0.05, 0) is 19.1 Å². The average Bonchev–Trinajstić information content (AvgIpc) is 3.02. The molecule has 0 atom stereocenters. The summed E-state index contributed by atoms with van der Waals surface area (Å²) in [5.74, 6) is -0.281. The van der Waals surface area contributed by atoms with Crippen molar-refractivity contribution in [1.29, 1.82) is 0 Å². The van der Waals surface area contributed by atoms with Crippen LogP contribution in [-0.4, -0.2) is 28.6 Å². The first-order chi connectivity index (χ1) is 12.1. The van der Waals surface area contributed by atoms with Crippen LogP contribution in [0.5, 0.6) is 0 Å². The number of nitrogens with zero attached hydrogens (tertiary/aromatic N) is 2. The summed E-state index contributed by atoms with van der Waals surface area (Å²) in [6, 6.07) is 11.0. The molecule has 0 aliphatic carbocycles. The molecule has 3 aromatic rings. The fourth-order valence-corrected chi connectivity index (χ4v) is 2.21. The second-order valence-electron chi connectivity index (χ2n) is 5.23. The van der Waals surface area contributed by atoms with Crippen molar-refractivity contribution < 1.29 is 18.8 Å². The molecule has 3 rings (SSSR count). The lowest BCUT2D eigenvalue weighted by Crippen LogP contribution is -2.20. The summed E-state index contributed by atoms with van der Waals surface area (Å²) in [7, 11) is 0. The number of carbonyl (C=O) groups excluding carboxylic acids is 2. The normalized spacial score (nSPS) is 10.9. The van der Waals surface area contributed by atoms with Gasteiger partial charge >= 0.3 is 5.97 Å². The molecule has 7 nitrogen and oxygen atoms in total. The highest BCUT2D eigenvalue weighted by Crippen LogP contribution is 2.17. The quantitative estimate of drug-likeness (QED) is 0.568. The minimum absolute atomic E-state index is 0.274. The van der Waals surface area contributed by atoms with Gasteiger partial charge in [0, 0.05) is 29.3 Å². The maximum atomic E-state index is 11.8. The summed E-state index contributed by atoms with van der Waals surface area (Å²) >= 11 is 0. The van der Waals surface area contributed by atoms with Crippen molar-refractivity contribution in [3.8, 4) is 0 Å². The molecule has 1 aromatic carbocycles. The number of amides is 1. The number of benzene rings is 1. The minimum atomic E-state index is -0.626. The lowest BCUT2D eigenvalue weighted by atomic mass is 10.1. The first-order valence-electron chi connectivity index (χ1n) is 7.53. The van der Waals surface area contributed by atoms with Crippen molar-refractivity contribution in [3.63, 3.8) is 0 Å². The molecule has 0 aliphatic rings. The number of hydrogen-bond acceptors (Lipinski definition) is 6. The molecule has 0 fully saturated rings. The molecule has 25 heavy (non-hydrogen) atoms. The van der Waals surface area contributed by atoms with E-state index in [0.29, 0.717) is 5.76 Å². The van der Waals surface area contributed by atoms with Crippen LogP contribution >= 0.6 is 0 Å². The molecule has 1 N–H and O–H groups in total. The summed E-state index contributed by atoms with van der Waals surface area (Å²) in [6.07, 6.45) is 4.56. The summed E-state index contributed by atoms with van der Waals surface area (Å²) in [5, 5.41) is 7.05. The fraction of sp³-hybridized carbons (Fsp3) is 0.111. The monoisotopic (exact) mass is 337 g/mol. The third kappa shape index (κ3) is 4.29. The number of para-hydroxylation sites is 1. The molecule has 2 heterocycles. The first kappa shape index (κ1) is 16.4. The summed E-state index contributed by atoms with van der Waals surface area (Å²) in [4.78, 5) is 27.7. The number of anilines is 1. The number of aryl methyl sites for hydroxylation is 1. The fourth-order valence-electron chi connectivity index (χ4n) is 2.21. The SMILES string of the molecule is Cc1cc(NC(=O)COC(=O)C=Cc2cccc3cccnc23)no1. The lowest BCUT2D eigenvalue weighted by Gasteiger charge is -2.02. The van der Waals surface area contributed by atoms with Crippen LogP contribution in [0.4, 0.5) is 5.82 Å². The Morgan fingerprint density at radius 2 is 2.12 bits per heavy atom. The van der Waals surface area contributed by atoms with Crippen molar-refractivity contribution in [2.75, 3.05) is 11.9 Å². The van der Waals surface area contributed by atoms with Gasteiger partial charge in [0.05, 0.1) is 5.52 Å². The van der Waals surface area contributed by atoms with Gasteiger partial charge in [-0.1, -0.05) is 29.4 Å². The number of aromatic nitrogens is 2. The predicted octanol–water partition coefficient (Wildman–Crippen LogP) is 2.73. The Kier molecular flexibility index (Phi) is 4.84. The van der Waals surface area contributed by atoms with E-state index in [1.807, 2.05) is 30.3 Å². The van der Waals surface area contributed by atoms with E-state index in [-0.39, 0.29) is 5.82 Å². The zero-order valence-corrected chi connectivity index (χ0v) is 13.4. The topological polar surface area (TPSA) is 94.3 Å². The number of hydrogen-bond donors (Lipinski definition) is 1. The zero-order valence-electron chi connectivity index (χ0n) is 13.4. The zero-order chi connectivity index (χ0) is 17.6. The van der Waals surface area contributed by atoms with Crippen LogP contribution in [0, 0.1) is 6.92 Å². The van der Waals surface area contributed by atoms with Crippen molar-refractivity contribution >= 4 is 34.7 Å². The Bertz CT molecular complexity index is 941. The van der Waals surface area contributed by atoms with Crippen molar-refractivity contribution in [2.24, 2.45) is 0 Å². The Hall–Kier alpha value is -3.48. The molecule has 126 valence electrons. The summed E-state index contributed by atoms with van der Waals surface area (Å²) in [5.41, 5.74) is 1.57. The van der Waals surface area contributed by atoms with Gasteiger partial charge in [-0.15, -0.1) is 0 Å². The van der Waals surface area contributed by atoms with Crippen LogP contribution in [0.1, 0.15) is 11.3 Å². The van der Waals surface area contributed by atoms with Crippen LogP contribution in [0.15, 0.2) is 53.2 Å². The van der Waals surface area contributed by atoms with E-state index in [0.717, 1.165) is 16.5 Å². The van der Waals surface area contributed by atoms with Gasteiger partial charge in [0.2, 0.25) is 0 Å². The van der Waals surface area contributed by atoms with Crippen LogP contribution in [0.2, 0.25) is 0 Å². The molecule has 0 saturated heterocycles. The number of rotatable bonds is 5. The third-order valence-electron chi connectivity index (χ3n) is 3.30. The number of fused-ring (bicyclic) bond motifs is 1. The molecule has 7 heteroatoms. The van der Waals surface area contributed by atoms with Gasteiger partial charge in [-0.3, -0.25) is 9.78 Å². The number of pyridine rings is 1. The van der Waals surface area contributed by atoms with E-state index in [1.54, 1.807) is 25.3 Å². The van der Waals surface area contributed by atoms with E-state index >= 15 is 0 Å². The van der Waals surface area contributed by atoms with Gasteiger partial charge in [-0.25, -0.2) is 4.79 Å². The molecule has 0 aliphatic heterocycles. The van der Waals surface area contributed by atoms with Crippen molar-refractivity contribution in [2.45, 2.75) is 6.92 Å². The van der Waals surface area contributed by atoms with Gasteiger partial charge in [-0.2, -0.15) is 0 Å². The average molecular weight is 337 g/mol. The van der Waals surface area contributed by atoms with Gasteiger partial charge < -0.3 is 14.6 Å². The molecule has 2 aromatic heterocycles. The third-order valence-corrected chi connectivity index (χ3v) is 3.30. The van der Waals surface area contributed by atoms with Gasteiger partial charge in [0.1, 0.15) is 5.76 Å². The highest BCUT2D eigenvalue weighted by molar-refractivity contribution is 5.95. The second-order valence-corrected chi connectivity index (χ2v) is 5.23.